The number of benzene rings is 3. The molecular formula is C23H14N2O5. The van der Waals surface area contributed by atoms with Crippen LogP contribution < -0.4 is 0 Å². The highest BCUT2D eigenvalue weighted by Crippen LogP contribution is 2.37. The minimum Gasteiger partial charge on any atom is -0.292 e. The van der Waals surface area contributed by atoms with Crippen molar-refractivity contribution in [1.29, 1.82) is 0 Å². The average molecular weight is 398 g/mol. The van der Waals surface area contributed by atoms with Crippen LogP contribution in [-0.2, 0) is 6.42 Å². The molecule has 0 N–H and O–H groups in total. The Bertz CT molecular complexity index is 1290. The first kappa shape index (κ1) is 17.9. The Labute approximate surface area is 170 Å². The maximum atomic E-state index is 12.9. The monoisotopic (exact) mass is 398 g/mol. The molecule has 0 spiro atoms. The lowest BCUT2D eigenvalue weighted by molar-refractivity contribution is -0.384. The van der Waals surface area contributed by atoms with E-state index in [4.69, 9.17) is 0 Å². The molecule has 0 unspecified atom stereocenters. The summed E-state index contributed by atoms with van der Waals surface area (Å²) in [6, 6.07) is 16.9. The van der Waals surface area contributed by atoms with Gasteiger partial charge >= 0.3 is 0 Å². The van der Waals surface area contributed by atoms with E-state index >= 15 is 0 Å². The van der Waals surface area contributed by atoms with Gasteiger partial charge in [0, 0.05) is 17.7 Å². The molecule has 0 aromatic heterocycles. The van der Waals surface area contributed by atoms with Gasteiger partial charge in [0.1, 0.15) is 0 Å². The number of hydrogen-bond acceptors (Lipinski definition) is 5. The molecule has 30 heavy (non-hydrogen) atoms. The average Bonchev–Trinajstić information content (AvgIpc) is 3.23. The number of carbonyl (C=O) groups excluding carboxylic acids is 3. The van der Waals surface area contributed by atoms with Crippen molar-refractivity contribution in [3.63, 3.8) is 0 Å². The fraction of sp³-hybridized carbons (Fsp3) is 0.0870. The van der Waals surface area contributed by atoms with Crippen LogP contribution in [0.5, 0.6) is 0 Å². The Balaban J connectivity index is 1.42. The van der Waals surface area contributed by atoms with Crippen LogP contribution in [0.1, 0.15) is 42.2 Å². The third-order valence-corrected chi connectivity index (χ3v) is 5.59. The first-order valence-electron chi connectivity index (χ1n) is 9.33. The zero-order valence-electron chi connectivity index (χ0n) is 15.6. The maximum absolute atomic E-state index is 12.9. The molecule has 1 aliphatic carbocycles. The number of imide groups is 1. The number of carbonyl (C=O) groups is 3. The van der Waals surface area contributed by atoms with Crippen LogP contribution in [0.2, 0.25) is 0 Å². The van der Waals surface area contributed by atoms with Crippen molar-refractivity contribution in [3.05, 3.63) is 98.6 Å². The number of fused-ring (bicyclic) bond motifs is 4. The number of amides is 2. The molecule has 0 saturated heterocycles. The van der Waals surface area contributed by atoms with E-state index in [1.54, 1.807) is 12.1 Å². The SMILES string of the molecule is O=C(CN1C(=O)c2ccc([N+](=O)[O-])cc2C1=O)c1ccc2c(c1)-c1ccccc1C2. The third-order valence-electron chi connectivity index (χ3n) is 5.59. The summed E-state index contributed by atoms with van der Waals surface area (Å²) in [5, 5.41) is 11.0. The van der Waals surface area contributed by atoms with Crippen LogP contribution in [0.15, 0.2) is 60.7 Å². The highest BCUT2D eigenvalue weighted by molar-refractivity contribution is 6.23. The lowest BCUT2D eigenvalue weighted by Gasteiger charge is -2.13. The molecule has 146 valence electrons. The Morgan fingerprint density at radius 3 is 2.40 bits per heavy atom. The number of nitrogens with zero attached hydrogens (tertiary/aromatic N) is 2. The first-order chi connectivity index (χ1) is 14.4. The zero-order valence-corrected chi connectivity index (χ0v) is 15.6. The van der Waals surface area contributed by atoms with Gasteiger partial charge in [0.05, 0.1) is 22.6 Å². The van der Waals surface area contributed by atoms with E-state index < -0.39 is 23.3 Å². The number of rotatable bonds is 4. The highest BCUT2D eigenvalue weighted by Gasteiger charge is 2.38. The molecule has 0 radical (unpaired) electrons. The van der Waals surface area contributed by atoms with Gasteiger partial charge in [-0.15, -0.1) is 0 Å². The van der Waals surface area contributed by atoms with E-state index in [2.05, 4.69) is 6.07 Å². The van der Waals surface area contributed by atoms with Crippen molar-refractivity contribution in [1.82, 2.24) is 4.90 Å². The number of non-ortho nitro benzene ring substituents is 1. The molecule has 2 amide bonds. The minimum atomic E-state index is -0.696. The van der Waals surface area contributed by atoms with Crippen molar-refractivity contribution in [2.45, 2.75) is 6.42 Å². The van der Waals surface area contributed by atoms with Gasteiger partial charge in [-0.2, -0.15) is 0 Å². The number of hydrogen-bond donors (Lipinski definition) is 0. The van der Waals surface area contributed by atoms with Crippen LogP contribution in [0, 0.1) is 10.1 Å². The highest BCUT2D eigenvalue weighted by atomic mass is 16.6. The molecule has 3 aromatic rings. The zero-order chi connectivity index (χ0) is 21.0. The van der Waals surface area contributed by atoms with Crippen molar-refractivity contribution in [2.75, 3.05) is 6.54 Å². The summed E-state index contributed by atoms with van der Waals surface area (Å²) in [4.78, 5) is 49.3. The molecule has 0 fully saturated rings. The lowest BCUT2D eigenvalue weighted by atomic mass is 10.0. The van der Waals surface area contributed by atoms with Crippen molar-refractivity contribution in [2.24, 2.45) is 0 Å². The predicted octanol–water partition coefficient (Wildman–Crippen LogP) is 3.64. The van der Waals surface area contributed by atoms with Gasteiger partial charge in [-0.1, -0.05) is 36.4 Å². The van der Waals surface area contributed by atoms with Crippen LogP contribution in [0.4, 0.5) is 5.69 Å². The van der Waals surface area contributed by atoms with Crippen molar-refractivity contribution < 1.29 is 19.3 Å². The molecule has 1 aliphatic heterocycles. The second kappa shape index (κ2) is 6.45. The van der Waals surface area contributed by atoms with Crippen LogP contribution in [0.3, 0.4) is 0 Å². The number of nitro benzene ring substituents is 1. The molecule has 7 nitrogen and oxygen atoms in total. The van der Waals surface area contributed by atoms with E-state index in [1.807, 2.05) is 24.3 Å². The fourth-order valence-electron chi connectivity index (χ4n) is 4.07. The standard InChI is InChI=1S/C23H14N2O5/c26-21(15-6-5-14-9-13-3-1-2-4-17(13)19(14)10-15)12-24-22(27)18-8-7-16(25(29)30)11-20(18)23(24)28/h1-8,10-11H,9,12H2. The Morgan fingerprint density at radius 1 is 0.867 bits per heavy atom. The molecular weight excluding hydrogens is 384 g/mol. The number of ketones is 1. The van der Waals surface area contributed by atoms with Gasteiger partial charge in [-0.05, 0) is 40.8 Å². The largest absolute Gasteiger partial charge is 0.292 e. The summed E-state index contributed by atoms with van der Waals surface area (Å²) < 4.78 is 0. The Kier molecular flexibility index (Phi) is 3.86. The van der Waals surface area contributed by atoms with Gasteiger partial charge < -0.3 is 0 Å². The summed E-state index contributed by atoms with van der Waals surface area (Å²) in [5.41, 5.74) is 4.53. The number of nitro groups is 1. The molecule has 1 heterocycles. The van der Waals surface area contributed by atoms with E-state index in [-0.39, 0.29) is 22.6 Å². The molecule has 7 heteroatoms. The second-order valence-corrected chi connectivity index (χ2v) is 7.31. The topological polar surface area (TPSA) is 97.6 Å². The van der Waals surface area contributed by atoms with E-state index in [9.17, 15) is 24.5 Å². The van der Waals surface area contributed by atoms with E-state index in [0.717, 1.165) is 34.1 Å². The van der Waals surface area contributed by atoms with Crippen LogP contribution in [-0.4, -0.2) is 34.0 Å². The van der Waals surface area contributed by atoms with Gasteiger partial charge in [-0.25, -0.2) is 0 Å². The summed E-state index contributed by atoms with van der Waals surface area (Å²) in [6.45, 7) is -0.416. The quantitative estimate of drug-likeness (QED) is 0.226. The maximum Gasteiger partial charge on any atom is 0.270 e. The van der Waals surface area contributed by atoms with Crippen LogP contribution >= 0.6 is 0 Å². The summed E-state index contributed by atoms with van der Waals surface area (Å²) in [5.74, 6) is -1.69. The lowest BCUT2D eigenvalue weighted by Crippen LogP contribution is -2.34. The van der Waals surface area contributed by atoms with Gasteiger partial charge in [-0.3, -0.25) is 29.4 Å². The normalized spacial score (nSPS) is 13.8. The summed E-state index contributed by atoms with van der Waals surface area (Å²) in [7, 11) is 0. The van der Waals surface area contributed by atoms with Crippen molar-refractivity contribution >= 4 is 23.3 Å². The molecule has 0 bridgehead atoms. The van der Waals surface area contributed by atoms with Gasteiger partial charge in [0.15, 0.2) is 5.78 Å². The Hall–Kier alpha value is -4.13. The molecule has 0 saturated carbocycles. The molecule has 3 aromatic carbocycles. The summed E-state index contributed by atoms with van der Waals surface area (Å²) >= 11 is 0. The second-order valence-electron chi connectivity index (χ2n) is 7.31. The molecule has 0 atom stereocenters. The van der Waals surface area contributed by atoms with E-state index in [0.29, 0.717) is 5.56 Å². The van der Waals surface area contributed by atoms with Gasteiger partial charge in [0.2, 0.25) is 0 Å². The first-order valence-corrected chi connectivity index (χ1v) is 9.33. The fourth-order valence-corrected chi connectivity index (χ4v) is 4.07. The van der Waals surface area contributed by atoms with Crippen molar-refractivity contribution in [3.8, 4) is 11.1 Å². The van der Waals surface area contributed by atoms with Gasteiger partial charge in [0.25, 0.3) is 17.5 Å². The number of Topliss-reactive ketones (excluding diaryl/α,β-unsaturated/α-hetero) is 1. The molecule has 2 aliphatic rings. The Morgan fingerprint density at radius 2 is 1.60 bits per heavy atom. The predicted molar refractivity (Wildman–Crippen MR) is 107 cm³/mol. The minimum absolute atomic E-state index is 0.0510. The smallest absolute Gasteiger partial charge is 0.270 e. The molecule has 5 rings (SSSR count). The third kappa shape index (κ3) is 2.63. The van der Waals surface area contributed by atoms with E-state index in [1.165, 1.54) is 17.7 Å². The summed E-state index contributed by atoms with van der Waals surface area (Å²) in [6.07, 6.45) is 0.803. The van der Waals surface area contributed by atoms with Crippen LogP contribution in [0.25, 0.3) is 11.1 Å².